The lowest BCUT2D eigenvalue weighted by atomic mass is 10.1. The Morgan fingerprint density at radius 1 is 1.28 bits per heavy atom. The van der Waals surface area contributed by atoms with Crippen molar-refractivity contribution in [2.75, 3.05) is 16.4 Å². The number of rotatable bonds is 4. The number of alkyl halides is 2. The number of halogens is 3. The second-order valence-electron chi connectivity index (χ2n) is 5.03. The average Bonchev–Trinajstić information content (AvgIpc) is 2.56. The lowest BCUT2D eigenvalue weighted by molar-refractivity contribution is -0.113. The standard InChI is InChI=1S/C16H11ClF2N2O3S/c17-10-6-9(2-3-12(10)24-16(18)19)20-15(23)8-1-4-13-11(5-8)21-14(22)7-25-13/h1-6,16H,7H2,(H,20,23)(H,21,22). The fourth-order valence-electron chi connectivity index (χ4n) is 2.20. The van der Waals surface area contributed by atoms with Crippen molar-refractivity contribution in [3.05, 3.63) is 47.0 Å². The van der Waals surface area contributed by atoms with Gasteiger partial charge in [0.05, 0.1) is 16.5 Å². The molecule has 3 rings (SSSR count). The topological polar surface area (TPSA) is 67.4 Å². The molecule has 1 heterocycles. The summed E-state index contributed by atoms with van der Waals surface area (Å²) < 4.78 is 28.7. The molecule has 0 radical (unpaired) electrons. The van der Waals surface area contributed by atoms with E-state index in [4.69, 9.17) is 11.6 Å². The van der Waals surface area contributed by atoms with Crippen LogP contribution in [0.4, 0.5) is 20.2 Å². The highest BCUT2D eigenvalue weighted by molar-refractivity contribution is 8.00. The molecule has 0 fully saturated rings. The van der Waals surface area contributed by atoms with Gasteiger partial charge in [-0.3, -0.25) is 9.59 Å². The molecule has 1 aliphatic rings. The summed E-state index contributed by atoms with van der Waals surface area (Å²) in [5.74, 6) is -0.393. The molecule has 0 aromatic heterocycles. The average molecular weight is 385 g/mol. The Labute approximate surface area is 150 Å². The van der Waals surface area contributed by atoms with Gasteiger partial charge < -0.3 is 15.4 Å². The minimum Gasteiger partial charge on any atom is -0.433 e. The SMILES string of the molecule is O=C1CSc2ccc(C(=O)Nc3ccc(OC(F)F)c(Cl)c3)cc2N1. The number of hydrogen-bond donors (Lipinski definition) is 2. The minimum absolute atomic E-state index is 0.0489. The van der Waals surface area contributed by atoms with Crippen LogP contribution in [0, 0.1) is 0 Å². The summed E-state index contributed by atoms with van der Waals surface area (Å²) in [7, 11) is 0. The highest BCUT2D eigenvalue weighted by Gasteiger charge is 2.17. The molecule has 2 amide bonds. The Morgan fingerprint density at radius 2 is 2.08 bits per heavy atom. The normalized spacial score (nSPS) is 13.2. The van der Waals surface area contributed by atoms with Crippen molar-refractivity contribution in [2.24, 2.45) is 0 Å². The van der Waals surface area contributed by atoms with E-state index < -0.39 is 12.5 Å². The maximum Gasteiger partial charge on any atom is 0.387 e. The van der Waals surface area contributed by atoms with Gasteiger partial charge in [-0.25, -0.2) is 0 Å². The van der Waals surface area contributed by atoms with Gasteiger partial charge in [0.15, 0.2) is 0 Å². The van der Waals surface area contributed by atoms with Gasteiger partial charge in [-0.05, 0) is 36.4 Å². The van der Waals surface area contributed by atoms with Crippen LogP contribution in [0.15, 0.2) is 41.3 Å². The van der Waals surface area contributed by atoms with Crippen LogP contribution in [0.2, 0.25) is 5.02 Å². The second kappa shape index (κ2) is 7.28. The van der Waals surface area contributed by atoms with Gasteiger partial charge in [0.2, 0.25) is 5.91 Å². The van der Waals surface area contributed by atoms with E-state index in [9.17, 15) is 18.4 Å². The molecule has 2 aromatic rings. The third-order valence-corrected chi connectivity index (χ3v) is 4.65. The first-order valence-corrected chi connectivity index (χ1v) is 8.41. The molecule has 130 valence electrons. The third kappa shape index (κ3) is 4.21. The van der Waals surface area contributed by atoms with Gasteiger partial charge in [0, 0.05) is 16.1 Å². The third-order valence-electron chi connectivity index (χ3n) is 3.28. The monoisotopic (exact) mass is 384 g/mol. The van der Waals surface area contributed by atoms with E-state index in [2.05, 4.69) is 15.4 Å². The van der Waals surface area contributed by atoms with Crippen molar-refractivity contribution in [3.8, 4) is 5.75 Å². The molecule has 2 aromatic carbocycles. The Morgan fingerprint density at radius 3 is 2.80 bits per heavy atom. The predicted molar refractivity (Wildman–Crippen MR) is 91.8 cm³/mol. The molecule has 2 N–H and O–H groups in total. The zero-order chi connectivity index (χ0) is 18.0. The van der Waals surface area contributed by atoms with Crippen LogP contribution in [-0.2, 0) is 4.79 Å². The molecule has 0 spiro atoms. The number of anilines is 2. The fourth-order valence-corrected chi connectivity index (χ4v) is 3.21. The zero-order valence-corrected chi connectivity index (χ0v) is 14.1. The fraction of sp³-hybridized carbons (Fsp3) is 0.125. The Bertz CT molecular complexity index is 848. The van der Waals surface area contributed by atoms with Crippen molar-refractivity contribution in [1.82, 2.24) is 0 Å². The molecule has 0 saturated carbocycles. The van der Waals surface area contributed by atoms with Gasteiger partial charge in [-0.15, -0.1) is 11.8 Å². The molecule has 1 aliphatic heterocycles. The highest BCUT2D eigenvalue weighted by atomic mass is 35.5. The molecule has 5 nitrogen and oxygen atoms in total. The molecular formula is C16H11ClF2N2O3S. The molecule has 0 bridgehead atoms. The number of hydrogen-bond acceptors (Lipinski definition) is 4. The summed E-state index contributed by atoms with van der Waals surface area (Å²) in [4.78, 5) is 24.6. The highest BCUT2D eigenvalue weighted by Crippen LogP contribution is 2.33. The summed E-state index contributed by atoms with van der Waals surface area (Å²) in [6, 6.07) is 8.92. The van der Waals surface area contributed by atoms with E-state index in [1.54, 1.807) is 18.2 Å². The number of benzene rings is 2. The number of carbonyl (C=O) groups excluding carboxylic acids is 2. The van der Waals surface area contributed by atoms with Crippen LogP contribution in [0.25, 0.3) is 0 Å². The van der Waals surface area contributed by atoms with Gasteiger partial charge in [-0.1, -0.05) is 11.6 Å². The summed E-state index contributed by atoms with van der Waals surface area (Å²) in [5.41, 5.74) is 1.24. The van der Waals surface area contributed by atoms with Crippen LogP contribution >= 0.6 is 23.4 Å². The number of thioether (sulfide) groups is 1. The van der Waals surface area contributed by atoms with Crippen LogP contribution in [0.1, 0.15) is 10.4 Å². The van der Waals surface area contributed by atoms with Crippen molar-refractivity contribution in [3.63, 3.8) is 0 Å². The Balaban J connectivity index is 1.75. The number of carbonyl (C=O) groups is 2. The smallest absolute Gasteiger partial charge is 0.387 e. The largest absolute Gasteiger partial charge is 0.433 e. The van der Waals surface area contributed by atoms with E-state index >= 15 is 0 Å². The first-order valence-electron chi connectivity index (χ1n) is 7.05. The van der Waals surface area contributed by atoms with E-state index in [1.165, 1.54) is 30.0 Å². The molecule has 0 unspecified atom stereocenters. The van der Waals surface area contributed by atoms with E-state index in [1.807, 2.05) is 0 Å². The summed E-state index contributed by atoms with van der Waals surface area (Å²) in [6.07, 6.45) is 0. The van der Waals surface area contributed by atoms with Gasteiger partial charge in [0.25, 0.3) is 5.91 Å². The van der Waals surface area contributed by atoms with E-state index in [-0.39, 0.29) is 16.7 Å². The van der Waals surface area contributed by atoms with E-state index in [0.29, 0.717) is 22.7 Å². The van der Waals surface area contributed by atoms with E-state index in [0.717, 1.165) is 4.90 Å². The lowest BCUT2D eigenvalue weighted by Crippen LogP contribution is -2.19. The van der Waals surface area contributed by atoms with Crippen LogP contribution in [-0.4, -0.2) is 24.2 Å². The molecular weight excluding hydrogens is 374 g/mol. The van der Waals surface area contributed by atoms with Crippen molar-refractivity contribution < 1.29 is 23.1 Å². The van der Waals surface area contributed by atoms with Crippen LogP contribution in [0.3, 0.4) is 0 Å². The number of amides is 2. The Kier molecular flexibility index (Phi) is 5.10. The summed E-state index contributed by atoms with van der Waals surface area (Å²) in [6.45, 7) is -2.98. The predicted octanol–water partition coefficient (Wildman–Crippen LogP) is 4.24. The molecule has 0 aliphatic carbocycles. The lowest BCUT2D eigenvalue weighted by Gasteiger charge is -2.17. The number of ether oxygens (including phenoxy) is 1. The minimum atomic E-state index is -2.98. The Hall–Kier alpha value is -2.32. The van der Waals surface area contributed by atoms with Crippen molar-refractivity contribution >= 4 is 46.6 Å². The maximum atomic E-state index is 12.3. The number of fused-ring (bicyclic) bond motifs is 1. The van der Waals surface area contributed by atoms with Gasteiger partial charge in [-0.2, -0.15) is 8.78 Å². The first-order chi connectivity index (χ1) is 11.9. The van der Waals surface area contributed by atoms with Gasteiger partial charge >= 0.3 is 6.61 Å². The molecule has 25 heavy (non-hydrogen) atoms. The molecule has 0 atom stereocenters. The van der Waals surface area contributed by atoms with Crippen LogP contribution < -0.4 is 15.4 Å². The van der Waals surface area contributed by atoms with Crippen molar-refractivity contribution in [1.29, 1.82) is 0 Å². The second-order valence-corrected chi connectivity index (χ2v) is 6.45. The summed E-state index contributed by atoms with van der Waals surface area (Å²) in [5, 5.41) is 5.27. The number of nitrogens with one attached hydrogen (secondary N) is 2. The van der Waals surface area contributed by atoms with Gasteiger partial charge in [0.1, 0.15) is 5.75 Å². The first kappa shape index (κ1) is 17.5. The molecule has 0 saturated heterocycles. The maximum absolute atomic E-state index is 12.3. The summed E-state index contributed by atoms with van der Waals surface area (Å²) >= 11 is 7.25. The van der Waals surface area contributed by atoms with Crippen molar-refractivity contribution in [2.45, 2.75) is 11.5 Å². The quantitative estimate of drug-likeness (QED) is 0.827. The van der Waals surface area contributed by atoms with Crippen LogP contribution in [0.5, 0.6) is 5.75 Å². The molecule has 9 heteroatoms. The zero-order valence-electron chi connectivity index (χ0n) is 12.5.